The quantitative estimate of drug-likeness (QED) is 0.101. The van der Waals surface area contributed by atoms with Crippen LogP contribution in [-0.2, 0) is 19.7 Å². The maximum absolute atomic E-state index is 12.8. The lowest BCUT2D eigenvalue weighted by Crippen LogP contribution is -2.47. The minimum absolute atomic E-state index is 0.0470. The van der Waals surface area contributed by atoms with Gasteiger partial charge >= 0.3 is 0 Å². The van der Waals surface area contributed by atoms with Gasteiger partial charge in [-0.2, -0.15) is 0 Å². The van der Waals surface area contributed by atoms with Crippen molar-refractivity contribution in [1.82, 2.24) is 15.1 Å². The van der Waals surface area contributed by atoms with Crippen LogP contribution < -0.4 is 11.1 Å². The van der Waals surface area contributed by atoms with Gasteiger partial charge in [-0.3, -0.25) is 24.7 Å². The molecule has 0 spiro atoms. The Labute approximate surface area is 281 Å². The molecule has 3 aromatic carbocycles. The van der Waals surface area contributed by atoms with Gasteiger partial charge in [-0.1, -0.05) is 72.8 Å². The molecule has 0 aromatic heterocycles. The zero-order valence-corrected chi connectivity index (χ0v) is 27.4. The van der Waals surface area contributed by atoms with E-state index in [0.717, 1.165) is 38.9 Å². The van der Waals surface area contributed by atoms with Gasteiger partial charge in [0.1, 0.15) is 0 Å². The topological polar surface area (TPSA) is 143 Å². The lowest BCUT2D eigenvalue weighted by molar-refractivity contribution is -0.384. The number of non-ortho nitro benzene ring substituents is 1. The number of carbonyl (C=O) groups is 2. The van der Waals surface area contributed by atoms with Crippen molar-refractivity contribution in [2.45, 2.75) is 43.6 Å². The second-order valence-electron chi connectivity index (χ2n) is 12.3. The van der Waals surface area contributed by atoms with Crippen LogP contribution in [0.3, 0.4) is 0 Å². The first-order valence-corrected chi connectivity index (χ1v) is 16.5. The fraction of sp³-hybridized carbons (Fsp3) is 0.378. The largest absolute Gasteiger partial charge is 0.374 e. The number of ether oxygens (including phenoxy) is 1. The molecule has 0 bridgehead atoms. The highest BCUT2D eigenvalue weighted by Crippen LogP contribution is 2.42. The molecule has 2 aliphatic heterocycles. The fourth-order valence-corrected chi connectivity index (χ4v) is 7.18. The average Bonchev–Trinajstić information content (AvgIpc) is 3.12. The van der Waals surface area contributed by atoms with Crippen LogP contribution >= 0.6 is 0 Å². The van der Waals surface area contributed by atoms with Crippen molar-refractivity contribution in [3.8, 4) is 0 Å². The van der Waals surface area contributed by atoms with Crippen molar-refractivity contribution in [3.05, 3.63) is 123 Å². The third-order valence-electron chi connectivity index (χ3n) is 9.57. The van der Waals surface area contributed by atoms with E-state index in [1.807, 2.05) is 6.92 Å². The Balaban J connectivity index is 1.36. The molecule has 5 rings (SSSR count). The van der Waals surface area contributed by atoms with Crippen LogP contribution in [-0.4, -0.2) is 85.2 Å². The van der Waals surface area contributed by atoms with E-state index in [0.29, 0.717) is 55.2 Å². The van der Waals surface area contributed by atoms with Gasteiger partial charge in [-0.05, 0) is 62.5 Å². The number of hydrogen-bond acceptors (Lipinski definition) is 8. The van der Waals surface area contributed by atoms with Crippen LogP contribution in [0, 0.1) is 10.1 Å². The molecule has 1 saturated heterocycles. The lowest BCUT2D eigenvalue weighted by atomic mass is 9.68. The summed E-state index contributed by atoms with van der Waals surface area (Å²) in [7, 11) is 0. The molecule has 3 aromatic rings. The molecule has 0 radical (unpaired) electrons. The number of nitrogens with zero attached hydrogens (tertiary/aromatic N) is 4. The predicted molar refractivity (Wildman–Crippen MR) is 186 cm³/mol. The Morgan fingerprint density at radius 1 is 1.02 bits per heavy atom. The summed E-state index contributed by atoms with van der Waals surface area (Å²) in [6.07, 6.45) is 4.10. The molecule has 11 nitrogen and oxygen atoms in total. The van der Waals surface area contributed by atoms with Gasteiger partial charge in [0.15, 0.2) is 0 Å². The Bertz CT molecular complexity index is 1550. The first-order chi connectivity index (χ1) is 23.4. The number of nitrogens with one attached hydrogen (secondary N) is 1. The molecule has 2 aliphatic rings. The average molecular weight is 653 g/mol. The van der Waals surface area contributed by atoms with Crippen molar-refractivity contribution in [3.63, 3.8) is 0 Å². The van der Waals surface area contributed by atoms with E-state index in [4.69, 9.17) is 15.5 Å². The van der Waals surface area contributed by atoms with Crippen LogP contribution in [0.15, 0.2) is 101 Å². The summed E-state index contributed by atoms with van der Waals surface area (Å²) in [5.41, 5.74) is 10.8. The monoisotopic (exact) mass is 652 g/mol. The molecule has 0 saturated carbocycles. The highest BCUT2D eigenvalue weighted by atomic mass is 16.6. The number of likely N-dealkylation sites (tertiary alicyclic amines) is 1. The van der Waals surface area contributed by atoms with Crippen LogP contribution in [0.1, 0.15) is 48.8 Å². The van der Waals surface area contributed by atoms with Gasteiger partial charge in [-0.15, -0.1) is 0 Å². The van der Waals surface area contributed by atoms with Crippen LogP contribution in [0.25, 0.3) is 0 Å². The highest BCUT2D eigenvalue weighted by molar-refractivity contribution is 5.92. The number of benzene rings is 3. The van der Waals surface area contributed by atoms with Crippen molar-refractivity contribution < 1.29 is 19.2 Å². The maximum Gasteiger partial charge on any atom is 0.269 e. The predicted octanol–water partition coefficient (Wildman–Crippen LogP) is 4.39. The molecule has 3 N–H and O–H groups in total. The van der Waals surface area contributed by atoms with E-state index in [-0.39, 0.29) is 17.7 Å². The molecule has 11 heteroatoms. The van der Waals surface area contributed by atoms with E-state index in [9.17, 15) is 19.7 Å². The van der Waals surface area contributed by atoms with E-state index in [2.05, 4.69) is 70.9 Å². The van der Waals surface area contributed by atoms with Gasteiger partial charge < -0.3 is 25.6 Å². The molecule has 1 fully saturated rings. The smallest absolute Gasteiger partial charge is 0.269 e. The number of nitrogens with two attached hydrogens (primary N) is 1. The van der Waals surface area contributed by atoms with Gasteiger partial charge in [0.25, 0.3) is 5.69 Å². The van der Waals surface area contributed by atoms with Crippen LogP contribution in [0.5, 0.6) is 0 Å². The fourth-order valence-electron chi connectivity index (χ4n) is 7.18. The van der Waals surface area contributed by atoms with E-state index in [1.54, 1.807) is 17.0 Å². The third-order valence-corrected chi connectivity index (χ3v) is 9.57. The molecule has 2 amide bonds. The zero-order valence-electron chi connectivity index (χ0n) is 27.4. The number of nitro groups is 1. The molecule has 0 aliphatic carbocycles. The molecule has 252 valence electrons. The summed E-state index contributed by atoms with van der Waals surface area (Å²) in [6, 6.07) is 27.1. The van der Waals surface area contributed by atoms with E-state index in [1.165, 1.54) is 23.3 Å². The van der Waals surface area contributed by atoms with Crippen molar-refractivity contribution in [1.29, 1.82) is 0 Å². The summed E-state index contributed by atoms with van der Waals surface area (Å²) in [5, 5.41) is 14.3. The normalized spacial score (nSPS) is 19.3. The molecule has 2 atom stereocenters. The lowest BCUT2D eigenvalue weighted by Gasteiger charge is -2.43. The van der Waals surface area contributed by atoms with Crippen molar-refractivity contribution in [2.75, 3.05) is 45.9 Å². The Hall–Kier alpha value is -4.71. The number of hydrogen-bond donors (Lipinski definition) is 2. The van der Waals surface area contributed by atoms with Gasteiger partial charge in [0.05, 0.1) is 41.5 Å². The first-order valence-electron chi connectivity index (χ1n) is 16.5. The number of aliphatic imine (C=N–C) groups is 1. The first kappa shape index (κ1) is 34.6. The Kier molecular flexibility index (Phi) is 11.8. The summed E-state index contributed by atoms with van der Waals surface area (Å²) in [5.74, 6) is -0.525. The molecule has 48 heavy (non-hydrogen) atoms. The summed E-state index contributed by atoms with van der Waals surface area (Å²) in [4.78, 5) is 44.4. The van der Waals surface area contributed by atoms with E-state index < -0.39 is 16.9 Å². The van der Waals surface area contributed by atoms with E-state index >= 15 is 0 Å². The highest BCUT2D eigenvalue weighted by Gasteiger charge is 2.39. The standard InChI is InChI=1S/C37H44N6O5/c1-28-35(39-26-44)34(29-13-15-32(16-14-29)43(46)47)36(33(40-28)25-48-24-19-38)42(27-45)21-8-20-41-22-17-37(18-23-41,30-9-4-2-5-10-30)31-11-6-3-7-12-31/h2-7,9-16,26-27,34-35H,8,17-25,38H2,1H3,(H,39,44). The number of amides is 2. The number of nitro benzene ring substituents is 1. The Morgan fingerprint density at radius 2 is 1.65 bits per heavy atom. The van der Waals surface area contributed by atoms with Crippen molar-refractivity contribution >= 4 is 24.2 Å². The zero-order chi connectivity index (χ0) is 33.9. The summed E-state index contributed by atoms with van der Waals surface area (Å²) >= 11 is 0. The number of rotatable bonds is 16. The number of carbonyl (C=O) groups excluding carboxylic acids is 2. The Morgan fingerprint density at radius 3 is 2.19 bits per heavy atom. The SMILES string of the molecule is CC1=NC(COCCN)=C(N(C=O)CCCN2CCC(c3ccccc3)(c3ccccc3)CC2)C(c2ccc([N+](=O)[O-])cc2)C1NC=O. The minimum Gasteiger partial charge on any atom is -0.374 e. The van der Waals surface area contributed by atoms with Gasteiger partial charge in [-0.25, -0.2) is 0 Å². The summed E-state index contributed by atoms with van der Waals surface area (Å²) in [6.45, 7) is 5.64. The van der Waals surface area contributed by atoms with Gasteiger partial charge in [0, 0.05) is 36.3 Å². The second kappa shape index (κ2) is 16.4. The molecule has 2 heterocycles. The molecule has 2 unspecified atom stereocenters. The molecular formula is C37H44N6O5. The number of piperidine rings is 1. The maximum atomic E-state index is 12.8. The third kappa shape index (κ3) is 7.70. The van der Waals surface area contributed by atoms with Crippen LogP contribution in [0.2, 0.25) is 0 Å². The van der Waals surface area contributed by atoms with Crippen molar-refractivity contribution in [2.24, 2.45) is 10.7 Å². The second-order valence-corrected chi connectivity index (χ2v) is 12.3. The van der Waals surface area contributed by atoms with Crippen LogP contribution in [0.4, 0.5) is 5.69 Å². The van der Waals surface area contributed by atoms with Gasteiger partial charge in [0.2, 0.25) is 12.8 Å². The minimum atomic E-state index is -0.564. The molecular weight excluding hydrogens is 608 g/mol. The summed E-state index contributed by atoms with van der Waals surface area (Å²) < 4.78 is 5.80.